The van der Waals surface area contributed by atoms with Crippen LogP contribution in [0.25, 0.3) is 0 Å². The average molecular weight is 370 g/mol. The number of sulfonamides is 1. The van der Waals surface area contributed by atoms with Crippen LogP contribution in [-0.4, -0.2) is 34.4 Å². The molecule has 2 aliphatic rings. The second-order valence-electron chi connectivity index (χ2n) is 7.50. The quantitative estimate of drug-likeness (QED) is 0.764. The Balaban J connectivity index is 1.57. The number of nitrogens with zero attached hydrogens (tertiary/aromatic N) is 2. The van der Waals surface area contributed by atoms with Crippen molar-refractivity contribution in [2.75, 3.05) is 24.5 Å². The molecular weight excluding hydrogens is 348 g/mol. The predicted molar refractivity (Wildman–Crippen MR) is 100 cm³/mol. The summed E-state index contributed by atoms with van der Waals surface area (Å²) in [6, 6.07) is 14.8. The van der Waals surface area contributed by atoms with Crippen LogP contribution in [0.4, 0.5) is 5.69 Å². The zero-order valence-corrected chi connectivity index (χ0v) is 15.8. The van der Waals surface area contributed by atoms with Gasteiger partial charge < -0.3 is 9.45 Å². The van der Waals surface area contributed by atoms with E-state index in [9.17, 15) is 13.6 Å². The molecule has 0 aliphatic carbocycles. The van der Waals surface area contributed by atoms with E-state index < -0.39 is 10.4 Å². The zero-order chi connectivity index (χ0) is 18.5. The molecule has 0 bridgehead atoms. The summed E-state index contributed by atoms with van der Waals surface area (Å²) in [5, 5.41) is 0. The molecule has 1 spiro atoms. The zero-order valence-electron chi connectivity index (χ0n) is 15.0. The Morgan fingerprint density at radius 3 is 2.38 bits per heavy atom. The molecule has 0 aromatic heterocycles. The van der Waals surface area contributed by atoms with Gasteiger partial charge in [-0.3, -0.25) is 4.79 Å². The van der Waals surface area contributed by atoms with Crippen LogP contribution in [0.2, 0.25) is 0 Å². The summed E-state index contributed by atoms with van der Waals surface area (Å²) in [7, 11) is -3.48. The third kappa shape index (κ3) is 2.78. The first-order valence-corrected chi connectivity index (χ1v) is 10.2. The van der Waals surface area contributed by atoms with Crippen molar-refractivity contribution in [1.82, 2.24) is 4.31 Å². The van der Waals surface area contributed by atoms with Crippen LogP contribution in [0.5, 0.6) is 0 Å². The minimum absolute atomic E-state index is 0.00336. The van der Waals surface area contributed by atoms with Crippen molar-refractivity contribution in [3.63, 3.8) is 0 Å². The fourth-order valence-corrected chi connectivity index (χ4v) is 5.69. The number of benzene rings is 2. The second-order valence-corrected chi connectivity index (χ2v) is 9.43. The normalized spacial score (nSPS) is 21.0. The monoisotopic (exact) mass is 370 g/mol. The summed E-state index contributed by atoms with van der Waals surface area (Å²) < 4.78 is 27.2. The van der Waals surface area contributed by atoms with E-state index in [0.717, 1.165) is 23.2 Å². The molecule has 0 N–H and O–H groups in total. The largest absolute Gasteiger partial charge is 0.593 e. The van der Waals surface area contributed by atoms with Gasteiger partial charge in [-0.2, -0.15) is 0 Å². The van der Waals surface area contributed by atoms with Crippen LogP contribution < -0.4 is 4.90 Å². The Morgan fingerprint density at radius 2 is 1.73 bits per heavy atom. The van der Waals surface area contributed by atoms with Gasteiger partial charge in [0.25, 0.3) is 0 Å². The molecule has 2 heterocycles. The maximum Gasteiger partial charge on any atom is 0.223 e. The SMILES string of the molecule is CC(=O)N1CC2(Cc3ccccc31)CN([S+](=O)([O-])c1ccc(C)cc1)C2. The van der Waals surface area contributed by atoms with E-state index in [1.54, 1.807) is 24.0 Å². The van der Waals surface area contributed by atoms with E-state index >= 15 is 0 Å². The highest BCUT2D eigenvalue weighted by Gasteiger charge is 2.54. The van der Waals surface area contributed by atoms with Crippen LogP contribution in [0, 0.1) is 12.3 Å². The van der Waals surface area contributed by atoms with Gasteiger partial charge in [0.15, 0.2) is 15.3 Å². The highest BCUT2D eigenvalue weighted by atomic mass is 32.3. The molecule has 2 aromatic rings. The lowest BCUT2D eigenvalue weighted by Crippen LogP contribution is -2.66. The molecule has 1 amide bonds. The highest BCUT2D eigenvalue weighted by Crippen LogP contribution is 2.45. The smallest absolute Gasteiger partial charge is 0.223 e. The summed E-state index contributed by atoms with van der Waals surface area (Å²) in [6.45, 7) is 4.96. The fourth-order valence-electron chi connectivity index (χ4n) is 4.03. The Labute approximate surface area is 155 Å². The number of aryl methyl sites for hydroxylation is 1. The number of para-hydroxylation sites is 1. The van der Waals surface area contributed by atoms with Crippen LogP contribution in [0.1, 0.15) is 18.1 Å². The van der Waals surface area contributed by atoms with Crippen LogP contribution >= 0.6 is 0 Å². The fraction of sp³-hybridized carbons (Fsp3) is 0.350. The van der Waals surface area contributed by atoms with Gasteiger partial charge in [0, 0.05) is 24.6 Å². The van der Waals surface area contributed by atoms with E-state index in [2.05, 4.69) is 0 Å². The van der Waals surface area contributed by atoms with E-state index in [4.69, 9.17) is 0 Å². The molecule has 5 nitrogen and oxygen atoms in total. The molecule has 26 heavy (non-hydrogen) atoms. The van der Waals surface area contributed by atoms with Gasteiger partial charge in [-0.25, -0.2) is 0 Å². The lowest BCUT2D eigenvalue weighted by molar-refractivity contribution is -0.117. The lowest BCUT2D eigenvalue weighted by Gasteiger charge is -2.53. The summed E-state index contributed by atoms with van der Waals surface area (Å²) in [5.74, 6) is -0.00336. The molecule has 1 saturated heterocycles. The van der Waals surface area contributed by atoms with Crippen molar-refractivity contribution in [2.24, 2.45) is 5.41 Å². The number of fused-ring (bicyclic) bond motifs is 1. The van der Waals surface area contributed by atoms with Gasteiger partial charge in [0.05, 0.1) is 13.1 Å². The number of carbonyl (C=O) groups is 1. The third-order valence-corrected chi connectivity index (χ3v) is 7.21. The van der Waals surface area contributed by atoms with Crippen molar-refractivity contribution >= 4 is 22.0 Å². The Kier molecular flexibility index (Phi) is 4.02. The van der Waals surface area contributed by atoms with Crippen molar-refractivity contribution in [3.8, 4) is 0 Å². The standard InChI is InChI=1S/C20H22N2O3S/c1-15-7-9-18(10-8-15)26(24,25)21-12-20(13-21)11-17-5-3-4-6-19(17)22(14-20)16(2)23/h3-10H,11-14H2,1-2H3. The van der Waals surface area contributed by atoms with Crippen molar-refractivity contribution < 1.29 is 13.6 Å². The Bertz CT molecular complexity index is 904. The molecule has 0 radical (unpaired) electrons. The van der Waals surface area contributed by atoms with Crippen molar-refractivity contribution in [3.05, 3.63) is 59.7 Å². The first-order valence-electron chi connectivity index (χ1n) is 8.74. The maximum atomic E-state index is 12.9. The summed E-state index contributed by atoms with van der Waals surface area (Å²) in [5.41, 5.74) is 2.90. The summed E-state index contributed by atoms with van der Waals surface area (Å²) in [6.07, 6.45) is 0.798. The molecule has 1 atom stereocenters. The molecule has 2 aliphatic heterocycles. The van der Waals surface area contributed by atoms with E-state index in [1.807, 2.05) is 43.3 Å². The molecule has 6 heteroatoms. The summed E-state index contributed by atoms with van der Waals surface area (Å²) in [4.78, 5) is 14.2. The van der Waals surface area contributed by atoms with E-state index in [-0.39, 0.29) is 11.3 Å². The van der Waals surface area contributed by atoms with Gasteiger partial charge in [0.1, 0.15) is 0 Å². The topological polar surface area (TPSA) is 63.7 Å². The first kappa shape index (κ1) is 17.4. The number of amides is 1. The molecule has 136 valence electrons. The van der Waals surface area contributed by atoms with E-state index in [1.165, 1.54) is 4.31 Å². The molecule has 1 unspecified atom stereocenters. The van der Waals surface area contributed by atoms with Gasteiger partial charge in [-0.1, -0.05) is 40.1 Å². The Morgan fingerprint density at radius 1 is 1.08 bits per heavy atom. The average Bonchev–Trinajstić information content (AvgIpc) is 2.58. The van der Waals surface area contributed by atoms with Gasteiger partial charge in [-0.05, 0) is 37.1 Å². The van der Waals surface area contributed by atoms with Crippen molar-refractivity contribution in [2.45, 2.75) is 25.2 Å². The number of hydrogen-bond donors (Lipinski definition) is 0. The van der Waals surface area contributed by atoms with Crippen LogP contribution in [0.15, 0.2) is 53.4 Å². The minimum Gasteiger partial charge on any atom is -0.593 e. The molecule has 0 saturated carbocycles. The van der Waals surface area contributed by atoms with Gasteiger partial charge in [-0.15, -0.1) is 4.31 Å². The number of rotatable bonds is 2. The third-order valence-electron chi connectivity index (χ3n) is 5.40. The first-order chi connectivity index (χ1) is 12.3. The molecule has 4 rings (SSSR count). The van der Waals surface area contributed by atoms with Crippen LogP contribution in [0.3, 0.4) is 0 Å². The predicted octanol–water partition coefficient (Wildman–Crippen LogP) is 2.81. The molecule has 1 fully saturated rings. The van der Waals surface area contributed by atoms with Gasteiger partial charge >= 0.3 is 0 Å². The molecular formula is C20H22N2O3S. The lowest BCUT2D eigenvalue weighted by atomic mass is 9.73. The van der Waals surface area contributed by atoms with Crippen molar-refractivity contribution in [1.29, 1.82) is 0 Å². The minimum atomic E-state index is -3.48. The number of anilines is 1. The van der Waals surface area contributed by atoms with Crippen LogP contribution in [-0.2, 0) is 25.8 Å². The van der Waals surface area contributed by atoms with Gasteiger partial charge in [0.2, 0.25) is 5.91 Å². The Hall–Kier alpha value is -2.02. The molecule has 2 aromatic carbocycles. The second kappa shape index (κ2) is 6.01. The number of hydrogen-bond acceptors (Lipinski definition) is 3. The number of carbonyl (C=O) groups excluding carboxylic acids is 1. The summed E-state index contributed by atoms with van der Waals surface area (Å²) >= 11 is 0. The van der Waals surface area contributed by atoms with E-state index in [0.29, 0.717) is 24.5 Å². The highest BCUT2D eigenvalue weighted by molar-refractivity contribution is 7.95. The maximum absolute atomic E-state index is 12.9.